The van der Waals surface area contributed by atoms with E-state index in [0.29, 0.717) is 43.1 Å². The third-order valence-electron chi connectivity index (χ3n) is 4.93. The van der Waals surface area contributed by atoms with Crippen molar-refractivity contribution in [1.82, 2.24) is 5.16 Å². The number of piperidine rings is 1. The molecular formula is C20H19N3O5S. The van der Waals surface area contributed by atoms with Gasteiger partial charge in [-0.05, 0) is 30.4 Å². The highest BCUT2D eigenvalue weighted by Crippen LogP contribution is 2.31. The third kappa shape index (κ3) is 4.29. The van der Waals surface area contributed by atoms with Gasteiger partial charge in [0.1, 0.15) is 18.0 Å². The van der Waals surface area contributed by atoms with E-state index >= 15 is 0 Å². The zero-order valence-electron chi connectivity index (χ0n) is 15.5. The maximum absolute atomic E-state index is 12.4. The highest BCUT2D eigenvalue weighted by Gasteiger charge is 2.29. The van der Waals surface area contributed by atoms with Gasteiger partial charge in [0.2, 0.25) is 0 Å². The zero-order chi connectivity index (χ0) is 20.2. The smallest absolute Gasteiger partial charge is 0.309 e. The number of hydrogen-bond acceptors (Lipinski definition) is 8. The number of rotatable bonds is 6. The summed E-state index contributed by atoms with van der Waals surface area (Å²) in [4.78, 5) is 26.2. The van der Waals surface area contributed by atoms with Crippen molar-refractivity contribution >= 4 is 28.7 Å². The van der Waals surface area contributed by atoms with Crippen LogP contribution >= 0.6 is 11.3 Å². The van der Waals surface area contributed by atoms with Crippen LogP contribution in [0.4, 0.5) is 11.4 Å². The quantitative estimate of drug-likeness (QED) is 0.338. The second-order valence-electron chi connectivity index (χ2n) is 6.77. The molecule has 0 atom stereocenters. The Balaban J connectivity index is 1.30. The van der Waals surface area contributed by atoms with Crippen LogP contribution in [-0.2, 0) is 16.1 Å². The molecule has 3 heterocycles. The van der Waals surface area contributed by atoms with Gasteiger partial charge in [-0.2, -0.15) is 0 Å². The number of benzene rings is 1. The van der Waals surface area contributed by atoms with Crippen molar-refractivity contribution < 1.29 is 19.0 Å². The molecule has 8 nitrogen and oxygen atoms in total. The van der Waals surface area contributed by atoms with Gasteiger partial charge in [0.25, 0.3) is 5.69 Å². The number of nitro groups is 1. The molecular weight excluding hydrogens is 394 g/mol. The Kier molecular flexibility index (Phi) is 5.57. The number of aromatic nitrogens is 1. The van der Waals surface area contributed by atoms with E-state index in [0.717, 1.165) is 4.88 Å². The van der Waals surface area contributed by atoms with Gasteiger partial charge < -0.3 is 14.2 Å². The number of hydrogen-bond donors (Lipinski definition) is 0. The number of esters is 1. The van der Waals surface area contributed by atoms with Crippen LogP contribution in [0.5, 0.6) is 0 Å². The van der Waals surface area contributed by atoms with E-state index in [2.05, 4.69) is 5.16 Å². The van der Waals surface area contributed by atoms with Crippen molar-refractivity contribution in [2.24, 2.45) is 5.92 Å². The molecule has 0 radical (unpaired) electrons. The van der Waals surface area contributed by atoms with Gasteiger partial charge in [-0.1, -0.05) is 23.4 Å². The first-order valence-corrected chi connectivity index (χ1v) is 10.1. The van der Waals surface area contributed by atoms with Crippen LogP contribution in [0.2, 0.25) is 0 Å². The average molecular weight is 413 g/mol. The van der Waals surface area contributed by atoms with E-state index in [9.17, 15) is 14.9 Å². The van der Waals surface area contributed by atoms with Gasteiger partial charge in [-0.3, -0.25) is 14.9 Å². The van der Waals surface area contributed by atoms with Crippen LogP contribution in [0.25, 0.3) is 10.6 Å². The molecule has 3 aromatic rings. The van der Waals surface area contributed by atoms with Crippen LogP contribution in [0.1, 0.15) is 18.5 Å². The minimum absolute atomic E-state index is 0.0675. The number of thiophene rings is 1. The van der Waals surface area contributed by atoms with Gasteiger partial charge in [0.05, 0.1) is 15.7 Å². The van der Waals surface area contributed by atoms with Gasteiger partial charge in [0.15, 0.2) is 5.76 Å². The number of carbonyl (C=O) groups is 1. The molecule has 0 N–H and O–H groups in total. The summed E-state index contributed by atoms with van der Waals surface area (Å²) < 4.78 is 10.7. The molecule has 1 aliphatic heterocycles. The maximum atomic E-state index is 12.4. The van der Waals surface area contributed by atoms with Crippen molar-refractivity contribution in [2.75, 3.05) is 18.0 Å². The predicted molar refractivity (Wildman–Crippen MR) is 108 cm³/mol. The fourth-order valence-corrected chi connectivity index (χ4v) is 4.09. The van der Waals surface area contributed by atoms with Crippen molar-refractivity contribution in [3.05, 3.63) is 63.7 Å². The van der Waals surface area contributed by atoms with Gasteiger partial charge >= 0.3 is 5.97 Å². The first kappa shape index (κ1) is 19.1. The van der Waals surface area contributed by atoms with Crippen molar-refractivity contribution in [3.63, 3.8) is 0 Å². The molecule has 150 valence electrons. The summed E-state index contributed by atoms with van der Waals surface area (Å²) in [6.07, 6.45) is 1.17. The molecule has 0 amide bonds. The topological polar surface area (TPSA) is 98.7 Å². The molecule has 9 heteroatoms. The molecule has 1 fully saturated rings. The zero-order valence-corrected chi connectivity index (χ0v) is 16.3. The van der Waals surface area contributed by atoms with E-state index in [1.807, 2.05) is 22.4 Å². The van der Waals surface area contributed by atoms with Gasteiger partial charge in [-0.25, -0.2) is 0 Å². The Bertz CT molecular complexity index is 993. The Morgan fingerprint density at radius 1 is 1.28 bits per heavy atom. The molecule has 1 aromatic carbocycles. The average Bonchev–Trinajstić information content (AvgIpc) is 3.44. The van der Waals surface area contributed by atoms with E-state index in [-0.39, 0.29) is 29.1 Å². The van der Waals surface area contributed by atoms with Crippen LogP contribution in [0.3, 0.4) is 0 Å². The maximum Gasteiger partial charge on any atom is 0.309 e. The highest BCUT2D eigenvalue weighted by molar-refractivity contribution is 7.13. The Labute approximate surface area is 170 Å². The summed E-state index contributed by atoms with van der Waals surface area (Å²) in [5.74, 6) is 0.161. The summed E-state index contributed by atoms with van der Waals surface area (Å²) in [6.45, 7) is 1.20. The summed E-state index contributed by atoms with van der Waals surface area (Å²) in [6, 6.07) is 12.3. The Hall–Kier alpha value is -3.20. The number of anilines is 1. The minimum atomic E-state index is -0.377. The van der Waals surface area contributed by atoms with Gasteiger partial charge in [-0.15, -0.1) is 11.3 Å². The van der Waals surface area contributed by atoms with Gasteiger partial charge in [0, 0.05) is 25.2 Å². The number of nitrogens with zero attached hydrogens (tertiary/aromatic N) is 3. The SMILES string of the molecule is O=C(OCc1cc(-c2cccs2)on1)C1CCN(c2ccccc2[N+](=O)[O-])CC1. The Morgan fingerprint density at radius 2 is 2.07 bits per heavy atom. The third-order valence-corrected chi connectivity index (χ3v) is 5.82. The van der Waals surface area contributed by atoms with Crippen molar-refractivity contribution in [1.29, 1.82) is 0 Å². The predicted octanol–water partition coefficient (Wildman–Crippen LogP) is 4.27. The molecule has 29 heavy (non-hydrogen) atoms. The van der Waals surface area contributed by atoms with E-state index in [4.69, 9.17) is 9.26 Å². The first-order valence-electron chi connectivity index (χ1n) is 9.26. The number of carbonyl (C=O) groups excluding carboxylic acids is 1. The van der Waals surface area contributed by atoms with Crippen molar-refractivity contribution in [2.45, 2.75) is 19.4 Å². The van der Waals surface area contributed by atoms with Crippen LogP contribution in [0, 0.1) is 16.0 Å². The number of para-hydroxylation sites is 2. The number of nitro benzene ring substituents is 1. The van der Waals surface area contributed by atoms with E-state index < -0.39 is 0 Å². The summed E-state index contributed by atoms with van der Waals surface area (Å²) in [5.41, 5.74) is 1.24. The standard InChI is InChI=1S/C20H19N3O5S/c24-20(27-13-15-12-18(28-21-15)19-6-3-11-29-19)14-7-9-22(10-8-14)16-4-1-2-5-17(16)23(25)26/h1-6,11-12,14H,7-10,13H2. The fraction of sp³-hybridized carbons (Fsp3) is 0.300. The number of ether oxygens (including phenoxy) is 1. The van der Waals surface area contributed by atoms with Crippen LogP contribution < -0.4 is 4.90 Å². The van der Waals surface area contributed by atoms with Crippen LogP contribution in [0.15, 0.2) is 52.4 Å². The Morgan fingerprint density at radius 3 is 2.79 bits per heavy atom. The summed E-state index contributed by atoms with van der Waals surface area (Å²) >= 11 is 1.55. The molecule has 2 aromatic heterocycles. The molecule has 4 rings (SSSR count). The second kappa shape index (κ2) is 8.44. The van der Waals surface area contributed by atoms with E-state index in [1.54, 1.807) is 35.6 Å². The monoisotopic (exact) mass is 413 g/mol. The van der Waals surface area contributed by atoms with Crippen LogP contribution in [-0.4, -0.2) is 29.1 Å². The molecule has 0 aliphatic carbocycles. The van der Waals surface area contributed by atoms with Crippen molar-refractivity contribution in [3.8, 4) is 10.6 Å². The highest BCUT2D eigenvalue weighted by atomic mass is 32.1. The molecule has 0 spiro atoms. The molecule has 0 unspecified atom stereocenters. The summed E-state index contributed by atoms with van der Waals surface area (Å²) in [5, 5.41) is 17.1. The lowest BCUT2D eigenvalue weighted by molar-refractivity contribution is -0.384. The normalized spacial score (nSPS) is 14.7. The largest absolute Gasteiger partial charge is 0.459 e. The minimum Gasteiger partial charge on any atom is -0.459 e. The molecule has 0 bridgehead atoms. The second-order valence-corrected chi connectivity index (χ2v) is 7.72. The lowest BCUT2D eigenvalue weighted by atomic mass is 9.96. The lowest BCUT2D eigenvalue weighted by Gasteiger charge is -2.32. The molecule has 0 saturated carbocycles. The lowest BCUT2D eigenvalue weighted by Crippen LogP contribution is -2.37. The van der Waals surface area contributed by atoms with E-state index in [1.165, 1.54) is 6.07 Å². The molecule has 1 aliphatic rings. The summed E-state index contributed by atoms with van der Waals surface area (Å²) in [7, 11) is 0. The first-order chi connectivity index (χ1) is 14.1. The fourth-order valence-electron chi connectivity index (χ4n) is 3.42. The molecule has 1 saturated heterocycles.